The number of furan rings is 2. The van der Waals surface area contributed by atoms with Crippen molar-refractivity contribution in [3.05, 3.63) is 65.8 Å². The quantitative estimate of drug-likeness (QED) is 0.571. The molecular weight excluding hydrogens is 328 g/mol. The van der Waals surface area contributed by atoms with Crippen LogP contribution in [0.5, 0.6) is 0 Å². The van der Waals surface area contributed by atoms with Crippen molar-refractivity contribution in [2.24, 2.45) is 0 Å². The molecule has 1 unspecified atom stereocenters. The van der Waals surface area contributed by atoms with Crippen LogP contribution < -0.4 is 5.32 Å². The van der Waals surface area contributed by atoms with E-state index in [0.717, 1.165) is 40.5 Å². The molecule has 1 N–H and O–H groups in total. The largest absolute Gasteiger partial charge is 0.469 e. The van der Waals surface area contributed by atoms with E-state index in [2.05, 4.69) is 10.3 Å². The van der Waals surface area contributed by atoms with Crippen LogP contribution in [-0.2, 0) is 6.42 Å². The van der Waals surface area contributed by atoms with Crippen molar-refractivity contribution >= 4 is 27.9 Å². The van der Waals surface area contributed by atoms with Gasteiger partial charge in [-0.3, -0.25) is 4.79 Å². The fourth-order valence-corrected chi connectivity index (χ4v) is 3.03. The Labute approximate surface area is 151 Å². The van der Waals surface area contributed by atoms with Gasteiger partial charge >= 0.3 is 0 Å². The number of benzene rings is 1. The van der Waals surface area contributed by atoms with Crippen molar-refractivity contribution < 1.29 is 13.6 Å². The van der Waals surface area contributed by atoms with E-state index < -0.39 is 0 Å². The van der Waals surface area contributed by atoms with Crippen LogP contribution in [0.2, 0.25) is 0 Å². The molecular formula is C21H20N2O3. The lowest BCUT2D eigenvalue weighted by Gasteiger charge is -2.11. The molecule has 0 bridgehead atoms. The summed E-state index contributed by atoms with van der Waals surface area (Å²) in [7, 11) is 0. The minimum atomic E-state index is -0.227. The van der Waals surface area contributed by atoms with E-state index in [-0.39, 0.29) is 17.7 Å². The van der Waals surface area contributed by atoms with E-state index in [1.165, 1.54) is 0 Å². The molecule has 0 spiro atoms. The maximum absolute atomic E-state index is 12.5. The standard InChI is InChI=1S/C21H20N2O3/c1-13-5-7-15-11-16-12-19(26-21(16)23-18(15)10-13)20(24)22-14(2)6-8-17-4-3-9-25-17/h3-5,7,9-12,14H,6,8H2,1-2H3,(H,22,24). The first-order valence-electron chi connectivity index (χ1n) is 8.73. The highest BCUT2D eigenvalue weighted by atomic mass is 16.4. The third kappa shape index (κ3) is 3.33. The fourth-order valence-electron chi connectivity index (χ4n) is 3.03. The first kappa shape index (κ1) is 16.4. The summed E-state index contributed by atoms with van der Waals surface area (Å²) >= 11 is 0. The van der Waals surface area contributed by atoms with Gasteiger partial charge in [0.25, 0.3) is 5.91 Å². The Bertz CT molecular complexity index is 1060. The number of rotatable bonds is 5. The third-order valence-electron chi connectivity index (χ3n) is 4.46. The van der Waals surface area contributed by atoms with E-state index >= 15 is 0 Å². The fraction of sp³-hybridized carbons (Fsp3) is 0.238. The Morgan fingerprint density at radius 2 is 2.08 bits per heavy atom. The number of aromatic nitrogens is 1. The summed E-state index contributed by atoms with van der Waals surface area (Å²) in [5.74, 6) is 0.973. The Hall–Kier alpha value is -3.08. The predicted molar refractivity (Wildman–Crippen MR) is 100 cm³/mol. The minimum Gasteiger partial charge on any atom is -0.469 e. The molecule has 0 saturated carbocycles. The molecule has 0 aliphatic carbocycles. The van der Waals surface area contributed by atoms with E-state index in [1.807, 2.05) is 50.2 Å². The highest BCUT2D eigenvalue weighted by molar-refractivity contribution is 5.98. The van der Waals surface area contributed by atoms with Gasteiger partial charge in [-0.15, -0.1) is 0 Å². The number of aryl methyl sites for hydroxylation is 2. The molecule has 1 atom stereocenters. The second-order valence-electron chi connectivity index (χ2n) is 6.68. The molecule has 0 saturated heterocycles. The molecule has 132 valence electrons. The van der Waals surface area contributed by atoms with Gasteiger partial charge in [0.05, 0.1) is 11.8 Å². The van der Waals surface area contributed by atoms with E-state index in [0.29, 0.717) is 5.71 Å². The molecule has 0 fully saturated rings. The zero-order valence-electron chi connectivity index (χ0n) is 14.8. The summed E-state index contributed by atoms with van der Waals surface area (Å²) in [6.07, 6.45) is 3.23. The lowest BCUT2D eigenvalue weighted by molar-refractivity contribution is 0.0912. The predicted octanol–water partition coefficient (Wildman–Crippen LogP) is 4.63. The van der Waals surface area contributed by atoms with Crippen molar-refractivity contribution in [2.45, 2.75) is 32.7 Å². The van der Waals surface area contributed by atoms with Crippen LogP contribution in [0.3, 0.4) is 0 Å². The number of hydrogen-bond donors (Lipinski definition) is 1. The van der Waals surface area contributed by atoms with Crippen molar-refractivity contribution in [3.8, 4) is 0 Å². The number of carbonyl (C=O) groups is 1. The molecule has 1 amide bonds. The molecule has 0 aliphatic heterocycles. The molecule has 3 heterocycles. The van der Waals surface area contributed by atoms with Crippen molar-refractivity contribution in [3.63, 3.8) is 0 Å². The van der Waals surface area contributed by atoms with Crippen molar-refractivity contribution in [1.29, 1.82) is 0 Å². The SMILES string of the molecule is Cc1ccc2cc3cc(C(=O)NC(C)CCc4ccco4)oc3nc2c1. The van der Waals surface area contributed by atoms with Crippen LogP contribution in [0.25, 0.3) is 22.0 Å². The van der Waals surface area contributed by atoms with Gasteiger partial charge in [0.15, 0.2) is 5.76 Å². The van der Waals surface area contributed by atoms with E-state index in [9.17, 15) is 4.79 Å². The highest BCUT2D eigenvalue weighted by Crippen LogP contribution is 2.23. The molecule has 4 rings (SSSR count). The van der Waals surface area contributed by atoms with Gasteiger partial charge in [-0.05, 0) is 56.2 Å². The lowest BCUT2D eigenvalue weighted by atomic mass is 10.1. The van der Waals surface area contributed by atoms with Crippen LogP contribution in [0.15, 0.2) is 57.6 Å². The third-order valence-corrected chi connectivity index (χ3v) is 4.46. The van der Waals surface area contributed by atoms with Gasteiger partial charge in [0, 0.05) is 23.2 Å². The Morgan fingerprint density at radius 1 is 1.19 bits per heavy atom. The first-order chi connectivity index (χ1) is 12.6. The van der Waals surface area contributed by atoms with Crippen LogP contribution in [-0.4, -0.2) is 16.9 Å². The average molecular weight is 348 g/mol. The minimum absolute atomic E-state index is 0.00972. The van der Waals surface area contributed by atoms with Crippen LogP contribution in [0, 0.1) is 6.92 Å². The van der Waals surface area contributed by atoms with Gasteiger partial charge in [0.2, 0.25) is 5.71 Å². The Kier molecular flexibility index (Phi) is 4.21. The maximum Gasteiger partial charge on any atom is 0.287 e. The van der Waals surface area contributed by atoms with Gasteiger partial charge in [-0.1, -0.05) is 12.1 Å². The number of hydrogen-bond acceptors (Lipinski definition) is 4. The summed E-state index contributed by atoms with van der Waals surface area (Å²) in [6, 6.07) is 13.6. The number of amides is 1. The summed E-state index contributed by atoms with van der Waals surface area (Å²) in [6.45, 7) is 4.00. The van der Waals surface area contributed by atoms with Crippen LogP contribution >= 0.6 is 0 Å². The summed E-state index contributed by atoms with van der Waals surface area (Å²) in [5, 5.41) is 4.83. The molecule has 5 heteroatoms. The number of carbonyl (C=O) groups excluding carboxylic acids is 1. The molecule has 0 aliphatic rings. The number of nitrogens with zero attached hydrogens (tertiary/aromatic N) is 1. The zero-order valence-corrected chi connectivity index (χ0v) is 14.8. The topological polar surface area (TPSA) is 68.3 Å². The normalized spacial score (nSPS) is 12.5. The van der Waals surface area contributed by atoms with Gasteiger partial charge < -0.3 is 14.2 Å². The molecule has 3 aromatic heterocycles. The van der Waals surface area contributed by atoms with Crippen LogP contribution in [0.1, 0.15) is 35.2 Å². The monoisotopic (exact) mass is 348 g/mol. The van der Waals surface area contributed by atoms with Gasteiger partial charge in [0.1, 0.15) is 5.76 Å². The molecule has 26 heavy (non-hydrogen) atoms. The zero-order chi connectivity index (χ0) is 18.1. The Balaban J connectivity index is 1.50. The number of fused-ring (bicyclic) bond motifs is 2. The molecule has 1 aromatic carbocycles. The van der Waals surface area contributed by atoms with Crippen molar-refractivity contribution in [2.75, 3.05) is 0 Å². The average Bonchev–Trinajstić information content (AvgIpc) is 3.27. The maximum atomic E-state index is 12.5. The smallest absolute Gasteiger partial charge is 0.287 e. The van der Waals surface area contributed by atoms with E-state index in [1.54, 1.807) is 12.3 Å². The number of pyridine rings is 1. The molecule has 0 radical (unpaired) electrons. The summed E-state index contributed by atoms with van der Waals surface area (Å²) in [4.78, 5) is 17.0. The van der Waals surface area contributed by atoms with Gasteiger partial charge in [-0.2, -0.15) is 0 Å². The number of nitrogens with one attached hydrogen (secondary N) is 1. The molecule has 5 nitrogen and oxygen atoms in total. The van der Waals surface area contributed by atoms with Crippen LogP contribution in [0.4, 0.5) is 0 Å². The van der Waals surface area contributed by atoms with E-state index in [4.69, 9.17) is 8.83 Å². The second-order valence-corrected chi connectivity index (χ2v) is 6.68. The Morgan fingerprint density at radius 3 is 2.88 bits per heavy atom. The highest BCUT2D eigenvalue weighted by Gasteiger charge is 2.16. The van der Waals surface area contributed by atoms with Crippen molar-refractivity contribution in [1.82, 2.24) is 10.3 Å². The summed E-state index contributed by atoms with van der Waals surface area (Å²) < 4.78 is 11.0. The second kappa shape index (κ2) is 6.67. The molecule has 4 aromatic rings. The lowest BCUT2D eigenvalue weighted by Crippen LogP contribution is -2.32. The van der Waals surface area contributed by atoms with Gasteiger partial charge in [-0.25, -0.2) is 4.98 Å². The first-order valence-corrected chi connectivity index (χ1v) is 8.73. The summed E-state index contributed by atoms with van der Waals surface area (Å²) in [5.41, 5.74) is 2.49.